The van der Waals surface area contributed by atoms with Crippen molar-refractivity contribution in [1.82, 2.24) is 5.32 Å². The molecular weight excluding hydrogens is 511 g/mol. The minimum absolute atomic E-state index is 0.115. The van der Waals surface area contributed by atoms with Gasteiger partial charge in [0.1, 0.15) is 17.3 Å². The first-order valence-corrected chi connectivity index (χ1v) is 13.1. The topological polar surface area (TPSA) is 88.8 Å². The summed E-state index contributed by atoms with van der Waals surface area (Å²) in [4.78, 5) is 20.6. The third-order valence-electron chi connectivity index (χ3n) is 6.70. The molecule has 0 spiro atoms. The SMILES string of the molecule is CCCNC(=O)c1ccc(OC(c2oc(-c3ccc(C(F)(F)F)cc3)cc2C)C2CCCCC2)cc1.O=CO. The molecule has 39 heavy (non-hydrogen) atoms. The molecule has 0 radical (unpaired) electrons. The summed E-state index contributed by atoms with van der Waals surface area (Å²) in [6.07, 6.45) is 1.61. The highest BCUT2D eigenvalue weighted by atomic mass is 19.4. The lowest BCUT2D eigenvalue weighted by Gasteiger charge is -2.30. The number of amides is 1. The Morgan fingerprint density at radius 1 is 1.10 bits per heavy atom. The van der Waals surface area contributed by atoms with E-state index in [1.807, 2.05) is 19.9 Å². The highest BCUT2D eigenvalue weighted by Gasteiger charge is 2.32. The average Bonchev–Trinajstić information content (AvgIpc) is 3.32. The molecule has 1 aliphatic rings. The molecule has 2 aromatic carbocycles. The monoisotopic (exact) mass is 545 g/mol. The number of hydrogen-bond acceptors (Lipinski definition) is 4. The molecule has 9 heteroatoms. The van der Waals surface area contributed by atoms with E-state index in [0.29, 0.717) is 34.9 Å². The summed E-state index contributed by atoms with van der Waals surface area (Å²) in [5.41, 5.74) is 1.37. The van der Waals surface area contributed by atoms with Crippen molar-refractivity contribution in [3.05, 3.63) is 77.0 Å². The predicted octanol–water partition coefficient (Wildman–Crippen LogP) is 7.81. The first kappa shape index (κ1) is 29.8. The Balaban J connectivity index is 0.00000134. The van der Waals surface area contributed by atoms with Crippen LogP contribution in [0.5, 0.6) is 5.75 Å². The second-order valence-electron chi connectivity index (χ2n) is 9.56. The summed E-state index contributed by atoms with van der Waals surface area (Å²) in [7, 11) is 0. The number of carboxylic acid groups (broad SMARTS) is 1. The molecule has 1 unspecified atom stereocenters. The van der Waals surface area contributed by atoms with Gasteiger partial charge in [-0.05, 0) is 74.2 Å². The maximum atomic E-state index is 13.0. The van der Waals surface area contributed by atoms with Gasteiger partial charge in [-0.15, -0.1) is 0 Å². The number of alkyl halides is 3. The molecule has 1 atom stereocenters. The van der Waals surface area contributed by atoms with Gasteiger partial charge in [0.15, 0.2) is 6.10 Å². The summed E-state index contributed by atoms with van der Waals surface area (Å²) >= 11 is 0. The normalized spacial score (nSPS) is 14.6. The van der Waals surface area contributed by atoms with Crippen LogP contribution in [-0.2, 0) is 11.0 Å². The van der Waals surface area contributed by atoms with Crippen LogP contribution >= 0.6 is 0 Å². The smallest absolute Gasteiger partial charge is 0.416 e. The Morgan fingerprint density at radius 2 is 1.72 bits per heavy atom. The molecule has 1 heterocycles. The second-order valence-corrected chi connectivity index (χ2v) is 9.56. The van der Waals surface area contributed by atoms with E-state index >= 15 is 0 Å². The molecule has 1 saturated carbocycles. The van der Waals surface area contributed by atoms with E-state index in [2.05, 4.69) is 5.32 Å². The molecule has 210 valence electrons. The van der Waals surface area contributed by atoms with E-state index in [1.165, 1.54) is 18.6 Å². The highest BCUT2D eigenvalue weighted by Crippen LogP contribution is 2.41. The number of hydrogen-bond donors (Lipinski definition) is 2. The quantitative estimate of drug-likeness (QED) is 0.282. The summed E-state index contributed by atoms with van der Waals surface area (Å²) < 4.78 is 51.6. The third kappa shape index (κ3) is 8.12. The molecular formula is C30H34F3NO5. The van der Waals surface area contributed by atoms with Crippen molar-refractivity contribution < 1.29 is 37.0 Å². The number of carbonyl (C=O) groups excluding carboxylic acids is 1. The predicted molar refractivity (Wildman–Crippen MR) is 142 cm³/mol. The van der Waals surface area contributed by atoms with Gasteiger partial charge in [0.25, 0.3) is 12.4 Å². The van der Waals surface area contributed by atoms with Crippen LogP contribution in [0.15, 0.2) is 59.0 Å². The zero-order valence-electron chi connectivity index (χ0n) is 22.1. The van der Waals surface area contributed by atoms with E-state index in [0.717, 1.165) is 49.8 Å². The maximum Gasteiger partial charge on any atom is 0.416 e. The van der Waals surface area contributed by atoms with E-state index in [4.69, 9.17) is 19.1 Å². The lowest BCUT2D eigenvalue weighted by molar-refractivity contribution is -0.137. The second kappa shape index (κ2) is 13.9. The van der Waals surface area contributed by atoms with Crippen LogP contribution in [0.25, 0.3) is 11.3 Å². The molecule has 0 bridgehead atoms. The fourth-order valence-electron chi connectivity index (χ4n) is 4.72. The fraction of sp³-hybridized carbons (Fsp3) is 0.400. The van der Waals surface area contributed by atoms with Gasteiger partial charge in [-0.2, -0.15) is 13.2 Å². The Hall–Kier alpha value is -3.75. The van der Waals surface area contributed by atoms with Gasteiger partial charge in [0, 0.05) is 23.6 Å². The van der Waals surface area contributed by atoms with Crippen molar-refractivity contribution in [2.24, 2.45) is 5.92 Å². The number of halogens is 3. The first-order valence-electron chi connectivity index (χ1n) is 13.1. The van der Waals surface area contributed by atoms with Crippen molar-refractivity contribution in [2.45, 2.75) is 64.7 Å². The number of ether oxygens (including phenoxy) is 1. The Kier molecular flexibility index (Phi) is 10.6. The van der Waals surface area contributed by atoms with Gasteiger partial charge in [-0.25, -0.2) is 0 Å². The standard InChI is InChI=1S/C29H32F3NO3.CH2O2/c1-3-17-33-28(34)22-11-15-24(16-12-22)35-27(21-7-5-4-6-8-21)26-19(2)18-25(36-26)20-9-13-23(14-10-20)29(30,31)32;2-1-3/h9-16,18,21,27H,3-8,17H2,1-2H3,(H,33,34);1H,(H,2,3). The molecule has 3 aromatic rings. The van der Waals surface area contributed by atoms with Gasteiger partial charge >= 0.3 is 6.18 Å². The van der Waals surface area contributed by atoms with Crippen LogP contribution in [0.2, 0.25) is 0 Å². The van der Waals surface area contributed by atoms with Gasteiger partial charge in [0.05, 0.1) is 5.56 Å². The van der Waals surface area contributed by atoms with Crippen molar-refractivity contribution in [3.8, 4) is 17.1 Å². The number of benzene rings is 2. The van der Waals surface area contributed by atoms with Crippen LogP contribution < -0.4 is 10.1 Å². The van der Waals surface area contributed by atoms with Crippen molar-refractivity contribution >= 4 is 12.4 Å². The first-order chi connectivity index (χ1) is 18.7. The van der Waals surface area contributed by atoms with E-state index in [-0.39, 0.29) is 24.4 Å². The van der Waals surface area contributed by atoms with Crippen molar-refractivity contribution in [2.75, 3.05) is 6.54 Å². The summed E-state index contributed by atoms with van der Waals surface area (Å²) in [5.74, 6) is 2.00. The van der Waals surface area contributed by atoms with Crippen LogP contribution in [0.1, 0.15) is 78.8 Å². The lowest BCUT2D eigenvalue weighted by atomic mass is 9.83. The van der Waals surface area contributed by atoms with Crippen LogP contribution in [-0.4, -0.2) is 24.0 Å². The van der Waals surface area contributed by atoms with Gasteiger partial charge in [-0.3, -0.25) is 9.59 Å². The van der Waals surface area contributed by atoms with Crippen LogP contribution in [0.3, 0.4) is 0 Å². The van der Waals surface area contributed by atoms with Crippen LogP contribution in [0, 0.1) is 12.8 Å². The maximum absolute atomic E-state index is 13.0. The van der Waals surface area contributed by atoms with E-state index in [1.54, 1.807) is 24.3 Å². The van der Waals surface area contributed by atoms with Crippen molar-refractivity contribution in [1.29, 1.82) is 0 Å². The van der Waals surface area contributed by atoms with Gasteiger partial charge in [-0.1, -0.05) is 38.3 Å². The lowest BCUT2D eigenvalue weighted by Crippen LogP contribution is -2.24. The Morgan fingerprint density at radius 3 is 2.28 bits per heavy atom. The van der Waals surface area contributed by atoms with Gasteiger partial charge in [0.2, 0.25) is 0 Å². The van der Waals surface area contributed by atoms with E-state index < -0.39 is 11.7 Å². The average molecular weight is 546 g/mol. The Labute approximate surface area is 226 Å². The Bertz CT molecular complexity index is 1200. The number of nitrogens with one attached hydrogen (secondary N) is 1. The summed E-state index contributed by atoms with van der Waals surface area (Å²) in [5, 5.41) is 9.76. The minimum Gasteiger partial charge on any atom is -0.483 e. The number of aryl methyl sites for hydroxylation is 1. The number of furan rings is 1. The largest absolute Gasteiger partial charge is 0.483 e. The minimum atomic E-state index is -4.38. The van der Waals surface area contributed by atoms with Gasteiger partial charge < -0.3 is 19.6 Å². The summed E-state index contributed by atoms with van der Waals surface area (Å²) in [6.45, 7) is 4.31. The molecule has 1 aromatic heterocycles. The molecule has 1 aliphatic carbocycles. The molecule has 0 saturated heterocycles. The van der Waals surface area contributed by atoms with Crippen molar-refractivity contribution in [3.63, 3.8) is 0 Å². The number of rotatable bonds is 8. The highest BCUT2D eigenvalue weighted by molar-refractivity contribution is 5.94. The molecule has 4 rings (SSSR count). The third-order valence-corrected chi connectivity index (χ3v) is 6.70. The molecule has 1 amide bonds. The molecule has 2 N–H and O–H groups in total. The zero-order valence-corrected chi connectivity index (χ0v) is 22.1. The fourth-order valence-corrected chi connectivity index (χ4v) is 4.72. The summed E-state index contributed by atoms with van der Waals surface area (Å²) in [6, 6.07) is 14.0. The molecule has 0 aliphatic heterocycles. The zero-order chi connectivity index (χ0) is 28.4. The molecule has 6 nitrogen and oxygen atoms in total. The van der Waals surface area contributed by atoms with E-state index in [9.17, 15) is 18.0 Å². The number of carbonyl (C=O) groups is 2. The molecule has 1 fully saturated rings. The van der Waals surface area contributed by atoms with Crippen LogP contribution in [0.4, 0.5) is 13.2 Å².